The standard InChI is InChI=1S/C21H27N5O3/c1-21(2,3)29-20(28)24-16-9-13-26(14-10-16)18-6-4-5-17(25-18)19(27)23-15-7-11-22-12-8-15/h4-8,11-12,16H,9-10,13-14H2,1-3H3,(H,24,28)(H,22,23,27). The number of piperidine rings is 1. The minimum atomic E-state index is -0.508. The Labute approximate surface area is 170 Å². The second kappa shape index (κ2) is 8.89. The van der Waals surface area contributed by atoms with E-state index in [1.54, 1.807) is 30.6 Å². The zero-order valence-corrected chi connectivity index (χ0v) is 17.0. The summed E-state index contributed by atoms with van der Waals surface area (Å²) < 4.78 is 5.32. The molecule has 2 N–H and O–H groups in total. The number of anilines is 2. The lowest BCUT2D eigenvalue weighted by molar-refractivity contribution is 0.0497. The van der Waals surface area contributed by atoms with Gasteiger partial charge in [-0.3, -0.25) is 9.78 Å². The maximum absolute atomic E-state index is 12.5. The predicted octanol–water partition coefficient (Wildman–Crippen LogP) is 3.22. The maximum atomic E-state index is 12.5. The topological polar surface area (TPSA) is 96.5 Å². The average Bonchev–Trinajstić information content (AvgIpc) is 2.68. The second-order valence-corrected chi connectivity index (χ2v) is 7.98. The van der Waals surface area contributed by atoms with Crippen LogP contribution in [0.15, 0.2) is 42.7 Å². The molecule has 3 rings (SSSR count). The van der Waals surface area contributed by atoms with E-state index in [1.807, 2.05) is 32.9 Å². The van der Waals surface area contributed by atoms with Crippen molar-refractivity contribution in [3.8, 4) is 0 Å². The lowest BCUT2D eigenvalue weighted by atomic mass is 10.1. The highest BCUT2D eigenvalue weighted by atomic mass is 16.6. The van der Waals surface area contributed by atoms with E-state index in [0.29, 0.717) is 11.4 Å². The van der Waals surface area contributed by atoms with Gasteiger partial charge in [0.15, 0.2) is 0 Å². The molecule has 0 spiro atoms. The fourth-order valence-corrected chi connectivity index (χ4v) is 3.08. The number of hydrogen-bond acceptors (Lipinski definition) is 6. The van der Waals surface area contributed by atoms with Crippen molar-refractivity contribution in [3.05, 3.63) is 48.4 Å². The highest BCUT2D eigenvalue weighted by Crippen LogP contribution is 2.19. The Kier molecular flexibility index (Phi) is 6.31. The Morgan fingerprint density at radius 1 is 1.10 bits per heavy atom. The number of ether oxygens (including phenoxy) is 1. The molecule has 1 saturated heterocycles. The van der Waals surface area contributed by atoms with E-state index in [4.69, 9.17) is 4.74 Å². The number of nitrogens with one attached hydrogen (secondary N) is 2. The smallest absolute Gasteiger partial charge is 0.407 e. The number of pyridine rings is 2. The Morgan fingerprint density at radius 3 is 2.45 bits per heavy atom. The van der Waals surface area contributed by atoms with Gasteiger partial charge < -0.3 is 20.3 Å². The van der Waals surface area contributed by atoms with E-state index >= 15 is 0 Å². The van der Waals surface area contributed by atoms with Gasteiger partial charge >= 0.3 is 6.09 Å². The van der Waals surface area contributed by atoms with Gasteiger partial charge in [-0.2, -0.15) is 0 Å². The van der Waals surface area contributed by atoms with Gasteiger partial charge in [-0.05, 0) is 57.9 Å². The largest absolute Gasteiger partial charge is 0.444 e. The zero-order chi connectivity index (χ0) is 20.9. The van der Waals surface area contributed by atoms with Crippen LogP contribution in [0, 0.1) is 0 Å². The Balaban J connectivity index is 1.55. The van der Waals surface area contributed by atoms with Crippen molar-refractivity contribution in [2.45, 2.75) is 45.3 Å². The third-order valence-electron chi connectivity index (χ3n) is 4.45. The summed E-state index contributed by atoms with van der Waals surface area (Å²) in [7, 11) is 0. The quantitative estimate of drug-likeness (QED) is 0.822. The number of hydrogen-bond donors (Lipinski definition) is 2. The van der Waals surface area contributed by atoms with Crippen molar-refractivity contribution in [2.75, 3.05) is 23.3 Å². The molecule has 0 aliphatic carbocycles. The number of rotatable bonds is 4. The molecule has 0 radical (unpaired) electrons. The van der Waals surface area contributed by atoms with E-state index in [1.165, 1.54) is 0 Å². The van der Waals surface area contributed by atoms with Crippen LogP contribution in [-0.2, 0) is 4.74 Å². The fourth-order valence-electron chi connectivity index (χ4n) is 3.08. The van der Waals surface area contributed by atoms with Gasteiger partial charge in [-0.25, -0.2) is 9.78 Å². The molecule has 2 aromatic heterocycles. The van der Waals surface area contributed by atoms with Crippen LogP contribution in [0.2, 0.25) is 0 Å². The van der Waals surface area contributed by atoms with Crippen molar-refractivity contribution < 1.29 is 14.3 Å². The van der Waals surface area contributed by atoms with E-state index in [9.17, 15) is 9.59 Å². The van der Waals surface area contributed by atoms with Crippen LogP contribution in [0.4, 0.5) is 16.3 Å². The van der Waals surface area contributed by atoms with Gasteiger partial charge in [0.1, 0.15) is 17.1 Å². The van der Waals surface area contributed by atoms with Gasteiger partial charge in [0.2, 0.25) is 0 Å². The average molecular weight is 397 g/mol. The van der Waals surface area contributed by atoms with Gasteiger partial charge in [0.05, 0.1) is 0 Å². The van der Waals surface area contributed by atoms with Crippen molar-refractivity contribution in [1.29, 1.82) is 0 Å². The first-order chi connectivity index (χ1) is 13.8. The molecule has 8 heteroatoms. The molecule has 1 fully saturated rings. The van der Waals surface area contributed by atoms with Crippen LogP contribution in [0.3, 0.4) is 0 Å². The molecule has 0 atom stereocenters. The summed E-state index contributed by atoms with van der Waals surface area (Å²) in [5.74, 6) is 0.489. The van der Waals surface area contributed by atoms with E-state index in [-0.39, 0.29) is 18.0 Å². The van der Waals surface area contributed by atoms with E-state index in [2.05, 4.69) is 25.5 Å². The van der Waals surface area contributed by atoms with Crippen LogP contribution in [0.5, 0.6) is 0 Å². The van der Waals surface area contributed by atoms with Gasteiger partial charge in [-0.15, -0.1) is 0 Å². The zero-order valence-electron chi connectivity index (χ0n) is 17.0. The highest BCUT2D eigenvalue weighted by Gasteiger charge is 2.24. The molecule has 3 heterocycles. The molecule has 8 nitrogen and oxygen atoms in total. The minimum absolute atomic E-state index is 0.0688. The van der Waals surface area contributed by atoms with Crippen molar-refractivity contribution >= 4 is 23.5 Å². The SMILES string of the molecule is CC(C)(C)OC(=O)NC1CCN(c2cccc(C(=O)Nc3ccncc3)n2)CC1. The van der Waals surface area contributed by atoms with E-state index in [0.717, 1.165) is 31.7 Å². The fraction of sp³-hybridized carbons (Fsp3) is 0.429. The number of amides is 2. The lowest BCUT2D eigenvalue weighted by Gasteiger charge is -2.33. The molecule has 0 aromatic carbocycles. The molecule has 0 bridgehead atoms. The van der Waals surface area contributed by atoms with Crippen LogP contribution >= 0.6 is 0 Å². The summed E-state index contributed by atoms with van der Waals surface area (Å²) >= 11 is 0. The molecule has 0 unspecified atom stereocenters. The third-order valence-corrected chi connectivity index (χ3v) is 4.45. The number of carbonyl (C=O) groups excluding carboxylic acids is 2. The van der Waals surface area contributed by atoms with Crippen LogP contribution in [0.25, 0.3) is 0 Å². The van der Waals surface area contributed by atoms with Crippen LogP contribution in [-0.4, -0.2) is 46.7 Å². The summed E-state index contributed by atoms with van der Waals surface area (Å²) in [6.07, 6.45) is 4.43. The Bertz CT molecular complexity index is 843. The Morgan fingerprint density at radius 2 is 1.79 bits per heavy atom. The van der Waals surface area contributed by atoms with E-state index < -0.39 is 5.60 Å². The highest BCUT2D eigenvalue weighted by molar-refractivity contribution is 6.03. The van der Waals surface area contributed by atoms with Gasteiger partial charge in [-0.1, -0.05) is 6.07 Å². The summed E-state index contributed by atoms with van der Waals surface area (Å²) in [4.78, 5) is 35.0. The van der Waals surface area contributed by atoms with Crippen LogP contribution in [0.1, 0.15) is 44.1 Å². The number of carbonyl (C=O) groups is 2. The summed E-state index contributed by atoms with van der Waals surface area (Å²) in [6.45, 7) is 7.02. The van der Waals surface area contributed by atoms with Crippen molar-refractivity contribution in [3.63, 3.8) is 0 Å². The van der Waals surface area contributed by atoms with Crippen LogP contribution < -0.4 is 15.5 Å². The first-order valence-corrected chi connectivity index (χ1v) is 9.73. The lowest BCUT2D eigenvalue weighted by Crippen LogP contribution is -2.46. The van der Waals surface area contributed by atoms with Gasteiger partial charge in [0, 0.05) is 37.2 Å². The third kappa shape index (κ3) is 6.17. The first-order valence-electron chi connectivity index (χ1n) is 9.73. The molecular weight excluding hydrogens is 370 g/mol. The molecule has 29 heavy (non-hydrogen) atoms. The monoisotopic (exact) mass is 397 g/mol. The molecule has 1 aliphatic heterocycles. The number of nitrogens with zero attached hydrogens (tertiary/aromatic N) is 3. The van der Waals surface area contributed by atoms with Crippen molar-refractivity contribution in [1.82, 2.24) is 15.3 Å². The first kappa shape index (κ1) is 20.6. The summed E-state index contributed by atoms with van der Waals surface area (Å²) in [5, 5.41) is 5.74. The number of alkyl carbamates (subject to hydrolysis) is 1. The number of aromatic nitrogens is 2. The summed E-state index contributed by atoms with van der Waals surface area (Å²) in [6, 6.07) is 8.93. The van der Waals surface area contributed by atoms with Crippen molar-refractivity contribution in [2.24, 2.45) is 0 Å². The normalized spacial score (nSPS) is 14.9. The predicted molar refractivity (Wildman–Crippen MR) is 111 cm³/mol. The molecule has 154 valence electrons. The second-order valence-electron chi connectivity index (χ2n) is 7.98. The Hall–Kier alpha value is -3.16. The summed E-state index contributed by atoms with van der Waals surface area (Å²) in [5.41, 5.74) is 0.519. The van der Waals surface area contributed by atoms with Gasteiger partial charge in [0.25, 0.3) is 5.91 Å². The molecule has 1 aliphatic rings. The minimum Gasteiger partial charge on any atom is -0.444 e. The maximum Gasteiger partial charge on any atom is 0.407 e. The molecule has 2 aromatic rings. The molecule has 0 saturated carbocycles. The molecular formula is C21H27N5O3. The molecule has 2 amide bonds.